The van der Waals surface area contributed by atoms with Crippen molar-refractivity contribution in [1.82, 2.24) is 4.98 Å². The molecule has 0 fully saturated rings. The van der Waals surface area contributed by atoms with Crippen molar-refractivity contribution in [3.05, 3.63) is 88.2 Å². The number of fused-ring (bicyclic) bond motifs is 1. The van der Waals surface area contributed by atoms with Crippen LogP contribution >= 0.6 is 0 Å². The van der Waals surface area contributed by atoms with Crippen molar-refractivity contribution in [2.24, 2.45) is 0 Å². The number of carbonyl (C=O) groups excluding carboxylic acids is 1. The minimum absolute atomic E-state index is 0.171. The fraction of sp³-hybridized carbons (Fsp3) is 0.136. The molecule has 0 aliphatic carbocycles. The first-order valence-electron chi connectivity index (χ1n) is 9.19. The Morgan fingerprint density at radius 1 is 1.07 bits per heavy atom. The van der Waals surface area contributed by atoms with Crippen molar-refractivity contribution in [2.75, 3.05) is 17.2 Å². The molecule has 0 saturated carbocycles. The van der Waals surface area contributed by atoms with Gasteiger partial charge in [-0.05, 0) is 48.7 Å². The SMILES string of the molecule is Cc1c(NC(=O)c2ccco2)ccc2nc(NCCc3ccccc3)oc(=O)c12. The largest absolute Gasteiger partial charge is 0.459 e. The molecule has 4 rings (SSSR count). The molecule has 0 aliphatic heterocycles. The molecule has 0 atom stereocenters. The van der Waals surface area contributed by atoms with E-state index in [0.29, 0.717) is 28.7 Å². The van der Waals surface area contributed by atoms with E-state index in [9.17, 15) is 9.59 Å². The zero-order chi connectivity index (χ0) is 20.2. The highest BCUT2D eigenvalue weighted by Crippen LogP contribution is 2.23. The third-order valence-corrected chi connectivity index (χ3v) is 4.58. The van der Waals surface area contributed by atoms with E-state index in [4.69, 9.17) is 8.83 Å². The summed E-state index contributed by atoms with van der Waals surface area (Å²) in [5.74, 6) is -0.207. The highest BCUT2D eigenvalue weighted by Gasteiger charge is 2.15. The molecule has 0 bridgehead atoms. The number of hydrogen-bond donors (Lipinski definition) is 2. The summed E-state index contributed by atoms with van der Waals surface area (Å²) in [4.78, 5) is 29.1. The molecule has 2 aromatic heterocycles. The molecule has 0 aliphatic rings. The standard InChI is InChI=1S/C22H19N3O4/c1-14-16(24-20(26)18-8-5-13-28-18)9-10-17-19(14)21(27)29-22(25-17)23-12-11-15-6-3-2-4-7-15/h2-10,13H,11-12H2,1H3,(H,23,25)(H,24,26). The van der Waals surface area contributed by atoms with Crippen molar-refractivity contribution in [3.63, 3.8) is 0 Å². The lowest BCUT2D eigenvalue weighted by Crippen LogP contribution is -2.14. The quantitative estimate of drug-likeness (QED) is 0.517. The zero-order valence-electron chi connectivity index (χ0n) is 15.8. The maximum Gasteiger partial charge on any atom is 0.348 e. The molecular weight excluding hydrogens is 370 g/mol. The van der Waals surface area contributed by atoms with Crippen LogP contribution in [0.1, 0.15) is 21.7 Å². The van der Waals surface area contributed by atoms with E-state index in [2.05, 4.69) is 15.6 Å². The maximum atomic E-state index is 12.5. The molecule has 4 aromatic rings. The highest BCUT2D eigenvalue weighted by atomic mass is 16.4. The summed E-state index contributed by atoms with van der Waals surface area (Å²) in [5, 5.41) is 6.12. The van der Waals surface area contributed by atoms with Gasteiger partial charge < -0.3 is 19.5 Å². The summed E-state index contributed by atoms with van der Waals surface area (Å²) < 4.78 is 10.4. The summed E-state index contributed by atoms with van der Waals surface area (Å²) in [5.41, 5.74) is 2.24. The first-order valence-corrected chi connectivity index (χ1v) is 9.19. The average Bonchev–Trinajstić information content (AvgIpc) is 3.26. The molecular formula is C22H19N3O4. The fourth-order valence-corrected chi connectivity index (χ4v) is 3.08. The normalized spacial score (nSPS) is 10.8. The van der Waals surface area contributed by atoms with Crippen LogP contribution in [-0.4, -0.2) is 17.4 Å². The molecule has 7 heteroatoms. The molecule has 0 saturated heterocycles. The number of carbonyl (C=O) groups is 1. The van der Waals surface area contributed by atoms with Gasteiger partial charge in [-0.3, -0.25) is 4.79 Å². The van der Waals surface area contributed by atoms with E-state index < -0.39 is 11.5 Å². The highest BCUT2D eigenvalue weighted by molar-refractivity contribution is 6.04. The van der Waals surface area contributed by atoms with E-state index in [0.717, 1.165) is 6.42 Å². The van der Waals surface area contributed by atoms with E-state index in [1.54, 1.807) is 31.2 Å². The molecule has 1 amide bonds. The lowest BCUT2D eigenvalue weighted by Gasteiger charge is -2.10. The number of benzene rings is 2. The van der Waals surface area contributed by atoms with Crippen LogP contribution in [0.3, 0.4) is 0 Å². The van der Waals surface area contributed by atoms with Crippen LogP contribution in [0.25, 0.3) is 10.9 Å². The minimum atomic E-state index is -0.510. The Kier molecular flexibility index (Phi) is 5.11. The van der Waals surface area contributed by atoms with Crippen LogP contribution in [0.15, 0.2) is 74.5 Å². The molecule has 0 radical (unpaired) electrons. The topological polar surface area (TPSA) is 97.4 Å². The Bertz CT molecular complexity index is 1200. The van der Waals surface area contributed by atoms with E-state index in [1.165, 1.54) is 11.8 Å². The van der Waals surface area contributed by atoms with Gasteiger partial charge in [0.15, 0.2) is 5.76 Å². The first-order chi connectivity index (χ1) is 14.1. The lowest BCUT2D eigenvalue weighted by atomic mass is 10.1. The van der Waals surface area contributed by atoms with Crippen LogP contribution in [0.4, 0.5) is 11.7 Å². The van der Waals surface area contributed by atoms with Crippen molar-refractivity contribution in [3.8, 4) is 0 Å². The van der Waals surface area contributed by atoms with Gasteiger partial charge in [-0.25, -0.2) is 4.79 Å². The second-order valence-corrected chi connectivity index (χ2v) is 6.53. The second kappa shape index (κ2) is 8.02. The Balaban J connectivity index is 1.54. The van der Waals surface area contributed by atoms with Crippen LogP contribution in [-0.2, 0) is 6.42 Å². The van der Waals surface area contributed by atoms with Crippen LogP contribution < -0.4 is 16.3 Å². The summed E-state index contributed by atoms with van der Waals surface area (Å²) in [6, 6.07) is 16.8. The van der Waals surface area contributed by atoms with Crippen molar-refractivity contribution in [1.29, 1.82) is 0 Å². The van der Waals surface area contributed by atoms with Gasteiger partial charge in [-0.15, -0.1) is 0 Å². The Morgan fingerprint density at radius 3 is 2.66 bits per heavy atom. The number of amides is 1. The van der Waals surface area contributed by atoms with Crippen molar-refractivity contribution in [2.45, 2.75) is 13.3 Å². The van der Waals surface area contributed by atoms with Crippen LogP contribution in [0.5, 0.6) is 0 Å². The Morgan fingerprint density at radius 2 is 1.90 bits per heavy atom. The van der Waals surface area contributed by atoms with Crippen LogP contribution in [0.2, 0.25) is 0 Å². The van der Waals surface area contributed by atoms with Crippen LogP contribution in [0, 0.1) is 6.92 Å². The fourth-order valence-electron chi connectivity index (χ4n) is 3.08. The molecule has 2 N–H and O–H groups in total. The van der Waals surface area contributed by atoms with Gasteiger partial charge in [0.2, 0.25) is 0 Å². The number of nitrogens with one attached hydrogen (secondary N) is 2. The number of hydrogen-bond acceptors (Lipinski definition) is 6. The Hall–Kier alpha value is -3.87. The van der Waals surface area contributed by atoms with Gasteiger partial charge >= 0.3 is 5.63 Å². The third-order valence-electron chi connectivity index (χ3n) is 4.58. The van der Waals surface area contributed by atoms with E-state index >= 15 is 0 Å². The van der Waals surface area contributed by atoms with Gasteiger partial charge in [0.1, 0.15) is 0 Å². The predicted octanol–water partition coefficient (Wildman–Crippen LogP) is 4.00. The summed E-state index contributed by atoms with van der Waals surface area (Å²) in [6.07, 6.45) is 2.20. The van der Waals surface area contributed by atoms with Gasteiger partial charge in [0.25, 0.3) is 11.9 Å². The number of furan rings is 1. The average molecular weight is 389 g/mol. The van der Waals surface area contributed by atoms with Gasteiger partial charge in [-0.2, -0.15) is 4.98 Å². The molecule has 0 unspecified atom stereocenters. The predicted molar refractivity (Wildman–Crippen MR) is 110 cm³/mol. The van der Waals surface area contributed by atoms with Crippen molar-refractivity contribution < 1.29 is 13.6 Å². The third kappa shape index (κ3) is 4.03. The Labute approximate surface area is 166 Å². The number of rotatable bonds is 6. The number of anilines is 2. The maximum absolute atomic E-state index is 12.5. The summed E-state index contributed by atoms with van der Waals surface area (Å²) in [7, 11) is 0. The van der Waals surface area contributed by atoms with Gasteiger partial charge in [0, 0.05) is 12.2 Å². The van der Waals surface area contributed by atoms with Gasteiger partial charge in [0.05, 0.1) is 17.2 Å². The number of aromatic nitrogens is 1. The lowest BCUT2D eigenvalue weighted by molar-refractivity contribution is 0.0996. The van der Waals surface area contributed by atoms with E-state index in [-0.39, 0.29) is 11.8 Å². The number of nitrogens with zero attached hydrogens (tertiary/aromatic N) is 1. The molecule has 2 aromatic carbocycles. The molecule has 0 spiro atoms. The summed E-state index contributed by atoms with van der Waals surface area (Å²) in [6.45, 7) is 2.32. The molecule has 146 valence electrons. The van der Waals surface area contributed by atoms with Gasteiger partial charge in [-0.1, -0.05) is 30.3 Å². The smallest absolute Gasteiger partial charge is 0.348 e. The molecule has 2 heterocycles. The first kappa shape index (κ1) is 18.5. The zero-order valence-corrected chi connectivity index (χ0v) is 15.8. The minimum Gasteiger partial charge on any atom is -0.459 e. The monoisotopic (exact) mass is 389 g/mol. The number of aryl methyl sites for hydroxylation is 1. The summed E-state index contributed by atoms with van der Waals surface area (Å²) >= 11 is 0. The molecule has 29 heavy (non-hydrogen) atoms. The second-order valence-electron chi connectivity index (χ2n) is 6.53. The van der Waals surface area contributed by atoms with E-state index in [1.807, 2.05) is 30.3 Å². The van der Waals surface area contributed by atoms with Crippen molar-refractivity contribution >= 4 is 28.5 Å². The molecule has 7 nitrogen and oxygen atoms in total.